The second-order valence-corrected chi connectivity index (χ2v) is 4.90. The number of hydrogen-bond donors (Lipinski definition) is 1. The number of alkyl halides is 3. The Bertz CT molecular complexity index is 791. The number of aromatic nitrogens is 3. The lowest BCUT2D eigenvalue weighted by atomic mass is 10.1. The van der Waals surface area contributed by atoms with Crippen molar-refractivity contribution in [2.75, 3.05) is 0 Å². The van der Waals surface area contributed by atoms with Crippen molar-refractivity contribution < 1.29 is 13.2 Å². The molecular formula is C15H13F3N4. The second-order valence-electron chi connectivity index (χ2n) is 4.90. The summed E-state index contributed by atoms with van der Waals surface area (Å²) in [4.78, 5) is 0. The van der Waals surface area contributed by atoms with Crippen LogP contribution in [0.5, 0.6) is 0 Å². The van der Waals surface area contributed by atoms with E-state index in [0.717, 1.165) is 23.4 Å². The molecule has 0 unspecified atom stereocenters. The highest BCUT2D eigenvalue weighted by Gasteiger charge is 2.29. The second kappa shape index (κ2) is 5.42. The smallest absolute Gasteiger partial charge is 0.325 e. The molecule has 2 heterocycles. The van der Waals surface area contributed by atoms with Crippen molar-refractivity contribution in [2.24, 2.45) is 5.73 Å². The summed E-state index contributed by atoms with van der Waals surface area (Å²) in [5.74, 6) is 0.649. The molecule has 0 aliphatic heterocycles. The molecule has 22 heavy (non-hydrogen) atoms. The van der Waals surface area contributed by atoms with Crippen molar-refractivity contribution in [3.05, 3.63) is 65.1 Å². The van der Waals surface area contributed by atoms with Crippen LogP contribution >= 0.6 is 0 Å². The van der Waals surface area contributed by atoms with Crippen LogP contribution in [0.3, 0.4) is 0 Å². The van der Waals surface area contributed by atoms with Gasteiger partial charge in [0.15, 0.2) is 5.65 Å². The van der Waals surface area contributed by atoms with E-state index < -0.39 is 11.7 Å². The lowest BCUT2D eigenvalue weighted by molar-refractivity contribution is -0.137. The minimum absolute atomic E-state index is 0.329. The first-order valence-electron chi connectivity index (χ1n) is 6.67. The number of fused-ring (bicyclic) bond motifs is 1. The number of hydrogen-bond acceptors (Lipinski definition) is 3. The molecular weight excluding hydrogens is 293 g/mol. The van der Waals surface area contributed by atoms with Crippen molar-refractivity contribution in [1.82, 2.24) is 14.6 Å². The maximum absolute atomic E-state index is 12.6. The third-order valence-corrected chi connectivity index (χ3v) is 3.43. The fourth-order valence-corrected chi connectivity index (χ4v) is 2.34. The molecule has 2 N–H and O–H groups in total. The van der Waals surface area contributed by atoms with Gasteiger partial charge in [0, 0.05) is 18.7 Å². The molecule has 0 spiro atoms. The molecule has 3 aromatic rings. The molecule has 0 aliphatic rings. The Morgan fingerprint density at radius 3 is 2.36 bits per heavy atom. The third-order valence-electron chi connectivity index (χ3n) is 3.43. The average Bonchev–Trinajstić information content (AvgIpc) is 2.90. The standard InChI is InChI=1S/C15H13F3N4/c16-15(17,18)11-6-4-10(5-7-11)8-14-21-20-13-3-1-2-12(9-19)22(13)14/h1-7H,8-9,19H2. The minimum atomic E-state index is -4.33. The van der Waals surface area contributed by atoms with E-state index >= 15 is 0 Å². The molecule has 0 saturated heterocycles. The van der Waals surface area contributed by atoms with Crippen molar-refractivity contribution in [3.63, 3.8) is 0 Å². The summed E-state index contributed by atoms with van der Waals surface area (Å²) in [7, 11) is 0. The van der Waals surface area contributed by atoms with Crippen LogP contribution in [-0.4, -0.2) is 14.6 Å². The molecule has 2 aromatic heterocycles. The summed E-state index contributed by atoms with van der Waals surface area (Å²) in [6.07, 6.45) is -3.94. The van der Waals surface area contributed by atoms with E-state index in [1.807, 2.05) is 22.6 Å². The number of halogens is 3. The van der Waals surface area contributed by atoms with Crippen LogP contribution in [0.1, 0.15) is 22.6 Å². The van der Waals surface area contributed by atoms with Gasteiger partial charge >= 0.3 is 6.18 Å². The summed E-state index contributed by atoms with van der Waals surface area (Å²) in [6.45, 7) is 0.329. The number of benzene rings is 1. The lowest BCUT2D eigenvalue weighted by Gasteiger charge is -2.08. The Kier molecular flexibility index (Phi) is 3.58. The summed E-state index contributed by atoms with van der Waals surface area (Å²) >= 11 is 0. The molecule has 0 saturated carbocycles. The number of nitrogens with two attached hydrogens (primary N) is 1. The summed E-state index contributed by atoms with van der Waals surface area (Å²) < 4.78 is 39.5. The van der Waals surface area contributed by atoms with Crippen LogP contribution in [0.2, 0.25) is 0 Å². The fraction of sp³-hybridized carbons (Fsp3) is 0.200. The molecule has 114 valence electrons. The van der Waals surface area contributed by atoms with E-state index in [0.29, 0.717) is 24.4 Å². The van der Waals surface area contributed by atoms with Gasteiger partial charge in [-0.1, -0.05) is 18.2 Å². The van der Waals surface area contributed by atoms with Gasteiger partial charge in [-0.25, -0.2) is 0 Å². The Labute approximate surface area is 124 Å². The molecule has 0 aliphatic carbocycles. The van der Waals surface area contributed by atoms with Crippen LogP contribution < -0.4 is 5.73 Å². The van der Waals surface area contributed by atoms with Crippen LogP contribution in [0, 0.1) is 0 Å². The van der Waals surface area contributed by atoms with E-state index in [1.54, 1.807) is 0 Å². The number of rotatable bonds is 3. The zero-order valence-electron chi connectivity index (χ0n) is 11.5. The maximum Gasteiger partial charge on any atom is 0.416 e. The molecule has 1 aromatic carbocycles. The van der Waals surface area contributed by atoms with Gasteiger partial charge in [-0.2, -0.15) is 13.2 Å². The van der Waals surface area contributed by atoms with E-state index in [-0.39, 0.29) is 0 Å². The van der Waals surface area contributed by atoms with Crippen molar-refractivity contribution in [3.8, 4) is 0 Å². The SMILES string of the molecule is NCc1cccc2nnc(Cc3ccc(C(F)(F)F)cc3)n12. The predicted molar refractivity (Wildman–Crippen MR) is 75.1 cm³/mol. The van der Waals surface area contributed by atoms with Gasteiger partial charge in [0.1, 0.15) is 5.82 Å². The first-order chi connectivity index (χ1) is 10.5. The fourth-order valence-electron chi connectivity index (χ4n) is 2.34. The Morgan fingerprint density at radius 2 is 1.73 bits per heavy atom. The molecule has 4 nitrogen and oxygen atoms in total. The first-order valence-corrected chi connectivity index (χ1v) is 6.67. The van der Waals surface area contributed by atoms with Crippen LogP contribution in [0.25, 0.3) is 5.65 Å². The molecule has 7 heteroatoms. The van der Waals surface area contributed by atoms with Gasteiger partial charge in [-0.15, -0.1) is 10.2 Å². The van der Waals surface area contributed by atoms with Crippen LogP contribution in [-0.2, 0) is 19.1 Å². The lowest BCUT2D eigenvalue weighted by Crippen LogP contribution is -2.07. The maximum atomic E-state index is 12.6. The highest BCUT2D eigenvalue weighted by atomic mass is 19.4. The zero-order chi connectivity index (χ0) is 15.7. The van der Waals surface area contributed by atoms with Gasteiger partial charge in [0.25, 0.3) is 0 Å². The predicted octanol–water partition coefficient (Wildman–Crippen LogP) is 2.80. The highest BCUT2D eigenvalue weighted by Crippen LogP contribution is 2.29. The Morgan fingerprint density at radius 1 is 1.00 bits per heavy atom. The van der Waals surface area contributed by atoms with E-state index in [9.17, 15) is 13.2 Å². The van der Waals surface area contributed by atoms with E-state index in [2.05, 4.69) is 10.2 Å². The van der Waals surface area contributed by atoms with Gasteiger partial charge in [-0.3, -0.25) is 4.40 Å². The molecule has 0 amide bonds. The minimum Gasteiger partial charge on any atom is -0.325 e. The number of nitrogens with zero attached hydrogens (tertiary/aromatic N) is 3. The topological polar surface area (TPSA) is 56.2 Å². The van der Waals surface area contributed by atoms with Crippen molar-refractivity contribution in [2.45, 2.75) is 19.1 Å². The summed E-state index contributed by atoms with van der Waals surface area (Å²) in [5, 5.41) is 8.16. The zero-order valence-corrected chi connectivity index (χ0v) is 11.5. The summed E-state index contributed by atoms with van der Waals surface area (Å²) in [5.41, 5.74) is 7.29. The van der Waals surface area contributed by atoms with Crippen molar-refractivity contribution in [1.29, 1.82) is 0 Å². The van der Waals surface area contributed by atoms with E-state index in [1.165, 1.54) is 12.1 Å². The van der Waals surface area contributed by atoms with Gasteiger partial charge in [0.05, 0.1) is 5.56 Å². The largest absolute Gasteiger partial charge is 0.416 e. The molecule has 3 rings (SSSR count). The van der Waals surface area contributed by atoms with Gasteiger partial charge < -0.3 is 5.73 Å². The average molecular weight is 306 g/mol. The quantitative estimate of drug-likeness (QED) is 0.809. The normalized spacial score (nSPS) is 12.0. The Hall–Kier alpha value is -2.41. The first kappa shape index (κ1) is 14.5. The van der Waals surface area contributed by atoms with Gasteiger partial charge in [-0.05, 0) is 29.8 Å². The van der Waals surface area contributed by atoms with Crippen LogP contribution in [0.4, 0.5) is 13.2 Å². The monoisotopic (exact) mass is 306 g/mol. The number of pyridine rings is 1. The van der Waals surface area contributed by atoms with E-state index in [4.69, 9.17) is 5.73 Å². The molecule has 0 radical (unpaired) electrons. The Balaban J connectivity index is 1.93. The van der Waals surface area contributed by atoms with Crippen molar-refractivity contribution >= 4 is 5.65 Å². The van der Waals surface area contributed by atoms with Crippen LogP contribution in [0.15, 0.2) is 42.5 Å². The van der Waals surface area contributed by atoms with Gasteiger partial charge in [0.2, 0.25) is 0 Å². The highest BCUT2D eigenvalue weighted by molar-refractivity contribution is 5.41. The molecule has 0 fully saturated rings. The molecule has 0 bridgehead atoms. The third kappa shape index (κ3) is 2.67. The molecule has 0 atom stereocenters. The summed E-state index contributed by atoms with van der Waals surface area (Å²) in [6, 6.07) is 10.6.